The molecule has 0 atom stereocenters. The second kappa shape index (κ2) is 6.56. The summed E-state index contributed by atoms with van der Waals surface area (Å²) in [5.41, 5.74) is 9.48. The van der Waals surface area contributed by atoms with E-state index in [1.165, 1.54) is 0 Å². The van der Waals surface area contributed by atoms with Gasteiger partial charge in [0.1, 0.15) is 6.61 Å². The fraction of sp³-hybridized carbons (Fsp3) is 0.200. The van der Waals surface area contributed by atoms with E-state index < -0.39 is 0 Å². The predicted octanol–water partition coefficient (Wildman–Crippen LogP) is 2.59. The monoisotopic (exact) mass is 270 g/mol. The highest BCUT2D eigenvalue weighted by atomic mass is 16.5. The Morgan fingerprint density at radius 2 is 2.05 bits per heavy atom. The van der Waals surface area contributed by atoms with Crippen molar-refractivity contribution in [1.29, 1.82) is 0 Å². The largest absolute Gasteiger partial charge is 0.460 e. The molecule has 1 aromatic heterocycles. The number of nitrogens with one attached hydrogen (secondary N) is 1. The van der Waals surface area contributed by atoms with Crippen LogP contribution in [0.25, 0.3) is 0 Å². The molecule has 2 aromatic rings. The van der Waals surface area contributed by atoms with E-state index in [9.17, 15) is 0 Å². The van der Waals surface area contributed by atoms with Crippen LogP contribution in [0.3, 0.4) is 0 Å². The van der Waals surface area contributed by atoms with Gasteiger partial charge >= 0.3 is 0 Å². The standard InChI is InChI=1S/C15H18N4O/c1-11-3-4-13(16)9-14(11)19-15(17-2)20-10-12-5-7-18-8-6-12/h3-9H,10,16H2,1-2H3,(H,17,19). The van der Waals surface area contributed by atoms with Gasteiger partial charge in [0, 0.05) is 30.8 Å². The quantitative estimate of drug-likeness (QED) is 0.511. The van der Waals surface area contributed by atoms with E-state index in [1.54, 1.807) is 19.4 Å². The van der Waals surface area contributed by atoms with E-state index in [0.717, 1.165) is 16.8 Å². The fourth-order valence-corrected chi connectivity index (χ4v) is 1.68. The lowest BCUT2D eigenvalue weighted by Gasteiger charge is -2.13. The van der Waals surface area contributed by atoms with Crippen LogP contribution in [0.1, 0.15) is 11.1 Å². The van der Waals surface area contributed by atoms with Crippen molar-refractivity contribution < 1.29 is 4.74 Å². The van der Waals surface area contributed by atoms with Gasteiger partial charge in [0.2, 0.25) is 0 Å². The zero-order valence-corrected chi connectivity index (χ0v) is 11.6. The normalized spacial score (nSPS) is 11.2. The topological polar surface area (TPSA) is 72.5 Å². The molecule has 20 heavy (non-hydrogen) atoms. The molecule has 0 bridgehead atoms. The zero-order chi connectivity index (χ0) is 14.4. The Labute approximate surface area is 118 Å². The molecule has 1 heterocycles. The number of amidine groups is 1. The van der Waals surface area contributed by atoms with E-state index in [4.69, 9.17) is 10.5 Å². The maximum absolute atomic E-state index is 5.78. The molecule has 0 saturated carbocycles. The van der Waals surface area contributed by atoms with Gasteiger partial charge in [0.05, 0.1) is 0 Å². The molecule has 0 amide bonds. The minimum Gasteiger partial charge on any atom is -0.460 e. The van der Waals surface area contributed by atoms with Gasteiger partial charge in [-0.15, -0.1) is 0 Å². The average Bonchev–Trinajstić information content (AvgIpc) is 2.48. The number of nitrogens with two attached hydrogens (primary N) is 1. The van der Waals surface area contributed by atoms with Crippen molar-refractivity contribution in [2.24, 2.45) is 4.99 Å². The van der Waals surface area contributed by atoms with Crippen molar-refractivity contribution in [2.75, 3.05) is 18.1 Å². The molecule has 104 valence electrons. The van der Waals surface area contributed by atoms with Gasteiger partial charge in [0.15, 0.2) is 0 Å². The first-order chi connectivity index (χ1) is 9.69. The number of aromatic nitrogens is 1. The van der Waals surface area contributed by atoms with E-state index in [0.29, 0.717) is 18.3 Å². The molecule has 2 rings (SSSR count). The van der Waals surface area contributed by atoms with Crippen LogP contribution in [0.4, 0.5) is 11.4 Å². The van der Waals surface area contributed by atoms with Crippen LogP contribution in [0, 0.1) is 6.92 Å². The molecule has 0 aliphatic heterocycles. The van der Waals surface area contributed by atoms with E-state index in [2.05, 4.69) is 15.3 Å². The third-order valence-corrected chi connectivity index (χ3v) is 2.83. The van der Waals surface area contributed by atoms with Crippen LogP contribution in [-0.2, 0) is 11.3 Å². The summed E-state index contributed by atoms with van der Waals surface area (Å²) in [7, 11) is 1.68. The Morgan fingerprint density at radius 1 is 1.30 bits per heavy atom. The zero-order valence-electron chi connectivity index (χ0n) is 11.6. The Balaban J connectivity index is 2.01. The van der Waals surface area contributed by atoms with Gasteiger partial charge < -0.3 is 15.8 Å². The van der Waals surface area contributed by atoms with Gasteiger partial charge in [-0.2, -0.15) is 0 Å². The minimum absolute atomic E-state index is 0.434. The maximum atomic E-state index is 5.78. The molecule has 0 saturated heterocycles. The van der Waals surface area contributed by atoms with E-state index in [-0.39, 0.29) is 0 Å². The number of pyridine rings is 1. The fourth-order valence-electron chi connectivity index (χ4n) is 1.68. The molecule has 0 aliphatic rings. The lowest BCUT2D eigenvalue weighted by Crippen LogP contribution is -2.17. The smallest absolute Gasteiger partial charge is 0.289 e. The van der Waals surface area contributed by atoms with Crippen LogP contribution in [0.15, 0.2) is 47.7 Å². The molecule has 0 aliphatic carbocycles. The van der Waals surface area contributed by atoms with Crippen molar-refractivity contribution in [3.05, 3.63) is 53.9 Å². The lowest BCUT2D eigenvalue weighted by atomic mass is 10.2. The van der Waals surface area contributed by atoms with Crippen molar-refractivity contribution in [3.8, 4) is 0 Å². The van der Waals surface area contributed by atoms with E-state index >= 15 is 0 Å². The second-order valence-electron chi connectivity index (χ2n) is 4.37. The van der Waals surface area contributed by atoms with Gasteiger partial charge in [-0.1, -0.05) is 6.07 Å². The Morgan fingerprint density at radius 3 is 2.75 bits per heavy atom. The summed E-state index contributed by atoms with van der Waals surface area (Å²) in [5, 5.41) is 3.14. The minimum atomic E-state index is 0.434. The Kier molecular flexibility index (Phi) is 4.55. The third-order valence-electron chi connectivity index (χ3n) is 2.83. The van der Waals surface area contributed by atoms with Crippen molar-refractivity contribution in [1.82, 2.24) is 4.98 Å². The molecule has 0 fully saturated rings. The van der Waals surface area contributed by atoms with Crippen molar-refractivity contribution in [2.45, 2.75) is 13.5 Å². The number of nitrogens with zero attached hydrogens (tertiary/aromatic N) is 2. The molecular formula is C15H18N4O. The van der Waals surface area contributed by atoms with Crippen LogP contribution in [0.2, 0.25) is 0 Å². The van der Waals surface area contributed by atoms with Gasteiger partial charge in [0.25, 0.3) is 6.02 Å². The van der Waals surface area contributed by atoms with Crippen molar-refractivity contribution in [3.63, 3.8) is 0 Å². The molecular weight excluding hydrogens is 252 g/mol. The number of aliphatic imine (C=N–C) groups is 1. The maximum Gasteiger partial charge on any atom is 0.289 e. The van der Waals surface area contributed by atoms with Crippen molar-refractivity contribution >= 4 is 17.4 Å². The van der Waals surface area contributed by atoms with Crippen LogP contribution >= 0.6 is 0 Å². The Hall–Kier alpha value is -2.56. The number of ether oxygens (including phenoxy) is 1. The number of rotatable bonds is 3. The summed E-state index contributed by atoms with van der Waals surface area (Å²) >= 11 is 0. The third kappa shape index (κ3) is 3.71. The number of anilines is 2. The number of hydrogen-bond acceptors (Lipinski definition) is 4. The lowest BCUT2D eigenvalue weighted by molar-refractivity contribution is 0.291. The first kappa shape index (κ1) is 13.9. The summed E-state index contributed by atoms with van der Waals surface area (Å²) in [6.07, 6.45) is 3.47. The predicted molar refractivity (Wildman–Crippen MR) is 81.6 cm³/mol. The molecule has 3 N–H and O–H groups in total. The molecule has 0 spiro atoms. The van der Waals surface area contributed by atoms with Gasteiger partial charge in [-0.3, -0.25) is 4.98 Å². The number of benzene rings is 1. The van der Waals surface area contributed by atoms with Crippen LogP contribution in [-0.4, -0.2) is 18.1 Å². The first-order valence-corrected chi connectivity index (χ1v) is 6.30. The highest BCUT2D eigenvalue weighted by Gasteiger charge is 2.04. The summed E-state index contributed by atoms with van der Waals surface area (Å²) in [6, 6.07) is 9.93. The number of aryl methyl sites for hydroxylation is 1. The molecule has 1 aromatic carbocycles. The molecule has 5 heteroatoms. The summed E-state index contributed by atoms with van der Waals surface area (Å²) in [4.78, 5) is 8.06. The average molecular weight is 270 g/mol. The van der Waals surface area contributed by atoms with Crippen LogP contribution < -0.4 is 11.1 Å². The first-order valence-electron chi connectivity index (χ1n) is 6.30. The summed E-state index contributed by atoms with van der Waals surface area (Å²) in [5.74, 6) is 0. The summed E-state index contributed by atoms with van der Waals surface area (Å²) < 4.78 is 5.65. The number of nitrogen functional groups attached to an aromatic ring is 1. The summed E-state index contributed by atoms with van der Waals surface area (Å²) in [6.45, 7) is 2.43. The SMILES string of the molecule is CN=C(Nc1cc(N)ccc1C)OCc1ccncc1. The Bertz CT molecular complexity index is 596. The molecule has 0 radical (unpaired) electrons. The van der Waals surface area contributed by atoms with Crippen LogP contribution in [0.5, 0.6) is 0 Å². The van der Waals surface area contributed by atoms with E-state index in [1.807, 2.05) is 37.3 Å². The molecule has 5 nitrogen and oxygen atoms in total. The second-order valence-corrected chi connectivity index (χ2v) is 4.37. The molecule has 0 unspecified atom stereocenters. The highest BCUT2D eigenvalue weighted by molar-refractivity contribution is 5.90. The van der Waals surface area contributed by atoms with Gasteiger partial charge in [-0.25, -0.2) is 4.99 Å². The number of hydrogen-bond donors (Lipinski definition) is 2. The highest BCUT2D eigenvalue weighted by Crippen LogP contribution is 2.18. The van der Waals surface area contributed by atoms with Gasteiger partial charge in [-0.05, 0) is 42.3 Å².